The molecule has 1 aromatic rings. The van der Waals surface area contributed by atoms with Crippen LogP contribution in [0.3, 0.4) is 0 Å². The lowest BCUT2D eigenvalue weighted by atomic mass is 9.91. The van der Waals surface area contributed by atoms with E-state index >= 15 is 0 Å². The van der Waals surface area contributed by atoms with Crippen molar-refractivity contribution in [1.29, 1.82) is 0 Å². The molecule has 1 aromatic carbocycles. The number of likely N-dealkylation sites (tertiary alicyclic amines) is 1. The van der Waals surface area contributed by atoms with Gasteiger partial charge >= 0.3 is 0 Å². The summed E-state index contributed by atoms with van der Waals surface area (Å²) in [4.78, 5) is 2.38. The number of aliphatic hydroxyl groups is 1. The highest BCUT2D eigenvalue weighted by Crippen LogP contribution is 2.30. The highest BCUT2D eigenvalue weighted by Gasteiger charge is 2.31. The minimum Gasteiger partial charge on any atom is -0.394 e. The number of rotatable bonds is 5. The SMILES string of the molecule is CCCC1CN([C@@H](CO)c2ccccc2)C1. The van der Waals surface area contributed by atoms with E-state index in [1.165, 1.54) is 18.4 Å². The molecule has 0 amide bonds. The van der Waals surface area contributed by atoms with Crippen LogP contribution in [0.4, 0.5) is 0 Å². The van der Waals surface area contributed by atoms with Crippen LogP contribution in [0.1, 0.15) is 31.4 Å². The number of nitrogens with zero attached hydrogens (tertiary/aromatic N) is 1. The quantitative estimate of drug-likeness (QED) is 0.822. The van der Waals surface area contributed by atoms with Gasteiger partial charge in [-0.15, -0.1) is 0 Å². The van der Waals surface area contributed by atoms with Gasteiger partial charge in [-0.3, -0.25) is 4.90 Å². The van der Waals surface area contributed by atoms with Gasteiger partial charge in [0, 0.05) is 13.1 Å². The van der Waals surface area contributed by atoms with Gasteiger partial charge in [0.1, 0.15) is 0 Å². The Hall–Kier alpha value is -0.860. The lowest BCUT2D eigenvalue weighted by Gasteiger charge is -2.44. The summed E-state index contributed by atoms with van der Waals surface area (Å²) in [6.45, 7) is 4.76. The standard InChI is InChI=1S/C14H21NO/c1-2-6-12-9-15(10-12)14(11-16)13-7-4-3-5-8-13/h3-5,7-8,12,14,16H,2,6,9-11H2,1H3/t14-/m0/s1. The molecule has 0 saturated carbocycles. The third-order valence-corrected chi connectivity index (χ3v) is 3.48. The molecule has 0 radical (unpaired) electrons. The predicted octanol–water partition coefficient (Wildman–Crippen LogP) is 2.45. The summed E-state index contributed by atoms with van der Waals surface area (Å²) >= 11 is 0. The van der Waals surface area contributed by atoms with Crippen LogP contribution in [0.15, 0.2) is 30.3 Å². The summed E-state index contributed by atoms with van der Waals surface area (Å²) in [7, 11) is 0. The van der Waals surface area contributed by atoms with Crippen molar-refractivity contribution < 1.29 is 5.11 Å². The van der Waals surface area contributed by atoms with Crippen molar-refractivity contribution in [3.8, 4) is 0 Å². The Balaban J connectivity index is 1.93. The second kappa shape index (κ2) is 5.46. The topological polar surface area (TPSA) is 23.5 Å². The fourth-order valence-electron chi connectivity index (χ4n) is 2.56. The van der Waals surface area contributed by atoms with E-state index in [9.17, 15) is 5.11 Å². The van der Waals surface area contributed by atoms with Crippen LogP contribution in [0.5, 0.6) is 0 Å². The van der Waals surface area contributed by atoms with Gasteiger partial charge in [-0.2, -0.15) is 0 Å². The van der Waals surface area contributed by atoms with Gasteiger partial charge in [0.2, 0.25) is 0 Å². The highest BCUT2D eigenvalue weighted by atomic mass is 16.3. The van der Waals surface area contributed by atoms with E-state index in [-0.39, 0.29) is 12.6 Å². The third kappa shape index (κ3) is 2.45. The number of benzene rings is 1. The van der Waals surface area contributed by atoms with E-state index in [0.717, 1.165) is 19.0 Å². The van der Waals surface area contributed by atoms with Crippen molar-refractivity contribution in [2.45, 2.75) is 25.8 Å². The smallest absolute Gasteiger partial charge is 0.0628 e. The summed E-state index contributed by atoms with van der Waals surface area (Å²) in [6, 6.07) is 10.5. The molecule has 2 rings (SSSR count). The number of hydrogen-bond donors (Lipinski definition) is 1. The zero-order chi connectivity index (χ0) is 11.4. The van der Waals surface area contributed by atoms with E-state index in [0.29, 0.717) is 0 Å². The lowest BCUT2D eigenvalue weighted by Crippen LogP contribution is -2.49. The molecule has 1 saturated heterocycles. The van der Waals surface area contributed by atoms with E-state index < -0.39 is 0 Å². The molecule has 88 valence electrons. The summed E-state index contributed by atoms with van der Waals surface area (Å²) in [5.41, 5.74) is 1.24. The van der Waals surface area contributed by atoms with Crippen LogP contribution >= 0.6 is 0 Å². The van der Waals surface area contributed by atoms with Gasteiger partial charge in [0.05, 0.1) is 12.6 Å². The Morgan fingerprint density at radius 2 is 2.00 bits per heavy atom. The van der Waals surface area contributed by atoms with Gasteiger partial charge in [-0.25, -0.2) is 0 Å². The van der Waals surface area contributed by atoms with Gasteiger partial charge < -0.3 is 5.11 Å². The normalized spacial score (nSPS) is 19.4. The largest absolute Gasteiger partial charge is 0.394 e. The fraction of sp³-hybridized carbons (Fsp3) is 0.571. The summed E-state index contributed by atoms with van der Waals surface area (Å²) in [5, 5.41) is 9.49. The second-order valence-corrected chi connectivity index (χ2v) is 4.72. The summed E-state index contributed by atoms with van der Waals surface area (Å²) in [6.07, 6.45) is 2.59. The van der Waals surface area contributed by atoms with Crippen LogP contribution in [0, 0.1) is 5.92 Å². The van der Waals surface area contributed by atoms with Crippen molar-refractivity contribution in [1.82, 2.24) is 4.90 Å². The first-order valence-electron chi connectivity index (χ1n) is 6.25. The zero-order valence-corrected chi connectivity index (χ0v) is 9.97. The molecule has 1 aliphatic rings. The average molecular weight is 219 g/mol. The molecule has 0 spiro atoms. The lowest BCUT2D eigenvalue weighted by molar-refractivity contribution is 0.0195. The van der Waals surface area contributed by atoms with Crippen molar-refractivity contribution >= 4 is 0 Å². The summed E-state index contributed by atoms with van der Waals surface area (Å²) < 4.78 is 0. The van der Waals surface area contributed by atoms with Crippen molar-refractivity contribution in [3.63, 3.8) is 0 Å². The Bertz CT molecular complexity index is 306. The molecule has 0 aliphatic carbocycles. The van der Waals surface area contributed by atoms with Gasteiger partial charge in [0.15, 0.2) is 0 Å². The van der Waals surface area contributed by atoms with Crippen molar-refractivity contribution in [2.75, 3.05) is 19.7 Å². The molecule has 1 N–H and O–H groups in total. The van der Waals surface area contributed by atoms with Crippen LogP contribution in [-0.4, -0.2) is 29.7 Å². The molecule has 1 heterocycles. The predicted molar refractivity (Wildman–Crippen MR) is 66.2 cm³/mol. The Morgan fingerprint density at radius 1 is 1.31 bits per heavy atom. The Labute approximate surface area is 97.9 Å². The zero-order valence-electron chi connectivity index (χ0n) is 9.97. The second-order valence-electron chi connectivity index (χ2n) is 4.72. The van der Waals surface area contributed by atoms with Gasteiger partial charge in [-0.1, -0.05) is 43.7 Å². The van der Waals surface area contributed by atoms with E-state index in [1.807, 2.05) is 18.2 Å². The maximum Gasteiger partial charge on any atom is 0.0628 e. The first-order chi connectivity index (χ1) is 7.85. The molecule has 0 bridgehead atoms. The van der Waals surface area contributed by atoms with Crippen LogP contribution in [0.2, 0.25) is 0 Å². The minimum absolute atomic E-state index is 0.203. The monoisotopic (exact) mass is 219 g/mol. The van der Waals surface area contributed by atoms with E-state index in [4.69, 9.17) is 0 Å². The molecular weight excluding hydrogens is 198 g/mol. The van der Waals surface area contributed by atoms with E-state index in [1.54, 1.807) is 0 Å². The molecule has 1 atom stereocenters. The first-order valence-corrected chi connectivity index (χ1v) is 6.25. The molecular formula is C14H21NO. The highest BCUT2D eigenvalue weighted by molar-refractivity contribution is 5.19. The van der Waals surface area contributed by atoms with Crippen LogP contribution < -0.4 is 0 Å². The summed E-state index contributed by atoms with van der Waals surface area (Å²) in [5.74, 6) is 0.850. The first kappa shape index (κ1) is 11.6. The van der Waals surface area contributed by atoms with Crippen LogP contribution in [0.25, 0.3) is 0 Å². The number of hydrogen-bond acceptors (Lipinski definition) is 2. The average Bonchev–Trinajstić information content (AvgIpc) is 2.28. The maximum atomic E-state index is 9.49. The van der Waals surface area contributed by atoms with Crippen molar-refractivity contribution in [2.24, 2.45) is 5.92 Å². The number of aliphatic hydroxyl groups excluding tert-OH is 1. The van der Waals surface area contributed by atoms with Crippen LogP contribution in [-0.2, 0) is 0 Å². The molecule has 16 heavy (non-hydrogen) atoms. The van der Waals surface area contributed by atoms with E-state index in [2.05, 4.69) is 24.0 Å². The molecule has 2 nitrogen and oxygen atoms in total. The van der Waals surface area contributed by atoms with Gasteiger partial charge in [-0.05, 0) is 17.9 Å². The molecule has 1 fully saturated rings. The molecule has 2 heteroatoms. The maximum absolute atomic E-state index is 9.49. The minimum atomic E-state index is 0.203. The third-order valence-electron chi connectivity index (χ3n) is 3.48. The van der Waals surface area contributed by atoms with Crippen molar-refractivity contribution in [3.05, 3.63) is 35.9 Å². The molecule has 1 aliphatic heterocycles. The Morgan fingerprint density at radius 3 is 2.56 bits per heavy atom. The fourth-order valence-corrected chi connectivity index (χ4v) is 2.56. The Kier molecular flexibility index (Phi) is 3.97. The molecule has 0 unspecified atom stereocenters. The molecule has 0 aromatic heterocycles. The van der Waals surface area contributed by atoms with Gasteiger partial charge in [0.25, 0.3) is 0 Å².